The van der Waals surface area contributed by atoms with Crippen molar-refractivity contribution in [2.45, 2.75) is 123 Å². The van der Waals surface area contributed by atoms with E-state index in [1.54, 1.807) is 0 Å². The van der Waals surface area contributed by atoms with Crippen LogP contribution < -0.4 is 5.32 Å². The van der Waals surface area contributed by atoms with Gasteiger partial charge in [-0.3, -0.25) is 9.78 Å². The largest absolute Gasteiger partial charge is 0.481 e. The first-order valence-electron chi connectivity index (χ1n) is 20.3. The van der Waals surface area contributed by atoms with Crippen LogP contribution in [0, 0.1) is 53.3 Å². The number of hydrogen-bond acceptors (Lipinski definition) is 8. The van der Waals surface area contributed by atoms with Crippen LogP contribution in [0.4, 0.5) is 5.69 Å². The number of carbonyl (C=O) groups excluding carboxylic acids is 1. The van der Waals surface area contributed by atoms with Gasteiger partial charge in [0, 0.05) is 18.4 Å². The number of carboxylic acids is 1. The maximum Gasteiger partial charge on any atom is 0.341 e. The SMILES string of the molecule is COC(=O)c1c(C)nc2ccc(CCC3(O)CCC4(C)C(CC(O)C5C4CC(O)C4(C)C(C(C)CCC(=O)O)CCC54)C3)cc2c1NCc1ccccc1. The van der Waals surface area contributed by atoms with E-state index in [-0.39, 0.29) is 52.8 Å². The van der Waals surface area contributed by atoms with Crippen LogP contribution in [-0.2, 0) is 22.5 Å². The molecular formula is C45H60N2O7. The van der Waals surface area contributed by atoms with Crippen LogP contribution in [0.3, 0.4) is 0 Å². The monoisotopic (exact) mass is 740 g/mol. The number of methoxy groups -OCH3 is 1. The summed E-state index contributed by atoms with van der Waals surface area (Å²) in [6.07, 6.45) is 6.43. The summed E-state index contributed by atoms with van der Waals surface area (Å²) in [5.74, 6) is -0.130. The van der Waals surface area contributed by atoms with Crippen LogP contribution in [0.15, 0.2) is 48.5 Å². The molecule has 0 amide bonds. The molecule has 7 rings (SSSR count). The van der Waals surface area contributed by atoms with Crippen molar-refractivity contribution in [3.05, 3.63) is 70.9 Å². The molecule has 4 saturated carbocycles. The molecule has 1 heterocycles. The lowest BCUT2D eigenvalue weighted by atomic mass is 9.42. The van der Waals surface area contributed by atoms with Crippen molar-refractivity contribution in [1.29, 1.82) is 0 Å². The number of fused-ring (bicyclic) bond motifs is 6. The number of aliphatic carboxylic acids is 1. The highest BCUT2D eigenvalue weighted by molar-refractivity contribution is 6.06. The fourth-order valence-corrected chi connectivity index (χ4v) is 12.3. The van der Waals surface area contributed by atoms with Crippen molar-refractivity contribution in [1.82, 2.24) is 4.98 Å². The van der Waals surface area contributed by atoms with Gasteiger partial charge in [0.25, 0.3) is 0 Å². The van der Waals surface area contributed by atoms with Gasteiger partial charge in [0.05, 0.1) is 41.8 Å². The Bertz CT molecular complexity index is 1870. The summed E-state index contributed by atoms with van der Waals surface area (Å²) < 4.78 is 5.18. The van der Waals surface area contributed by atoms with Crippen molar-refractivity contribution >= 4 is 28.5 Å². The Balaban J connectivity index is 1.08. The first-order valence-corrected chi connectivity index (χ1v) is 20.3. The number of nitrogens with zero attached hydrogens (tertiary/aromatic N) is 1. The Kier molecular flexibility index (Phi) is 10.7. The number of aliphatic hydroxyl groups is 3. The average Bonchev–Trinajstić information content (AvgIpc) is 3.51. The minimum absolute atomic E-state index is 0.0818. The average molecular weight is 741 g/mol. The molecule has 54 heavy (non-hydrogen) atoms. The fourth-order valence-electron chi connectivity index (χ4n) is 12.3. The Hall–Kier alpha value is -3.53. The molecular weight excluding hydrogens is 681 g/mol. The van der Waals surface area contributed by atoms with Crippen LogP contribution in [0.5, 0.6) is 0 Å². The fraction of sp³-hybridized carbons (Fsp3) is 0.622. The highest BCUT2D eigenvalue weighted by atomic mass is 16.5. The number of hydrogen-bond donors (Lipinski definition) is 5. The number of nitrogens with one attached hydrogen (secondary N) is 1. The number of anilines is 1. The smallest absolute Gasteiger partial charge is 0.341 e. The molecule has 292 valence electrons. The van der Waals surface area contributed by atoms with Crippen molar-refractivity contribution in [2.24, 2.45) is 46.3 Å². The van der Waals surface area contributed by atoms with Crippen molar-refractivity contribution < 1.29 is 34.8 Å². The third-order valence-electron chi connectivity index (χ3n) is 15.3. The molecule has 1 aromatic heterocycles. The first-order chi connectivity index (χ1) is 25.7. The van der Waals surface area contributed by atoms with Gasteiger partial charge in [-0.15, -0.1) is 0 Å². The third kappa shape index (κ3) is 6.83. The molecule has 0 aliphatic heterocycles. The number of rotatable bonds is 11. The summed E-state index contributed by atoms with van der Waals surface area (Å²) in [7, 11) is 1.38. The van der Waals surface area contributed by atoms with Gasteiger partial charge in [-0.25, -0.2) is 4.79 Å². The molecule has 0 bridgehead atoms. The molecule has 0 spiro atoms. The van der Waals surface area contributed by atoms with Gasteiger partial charge in [-0.05, 0) is 141 Å². The lowest BCUT2D eigenvalue weighted by molar-refractivity contribution is -0.216. The number of carboxylic acid groups (broad SMARTS) is 1. The summed E-state index contributed by atoms with van der Waals surface area (Å²) in [5, 5.41) is 49.8. The quantitative estimate of drug-likeness (QED) is 0.125. The highest BCUT2D eigenvalue weighted by Gasteiger charge is 2.66. The van der Waals surface area contributed by atoms with Crippen LogP contribution in [0.1, 0.15) is 112 Å². The number of esters is 1. The van der Waals surface area contributed by atoms with Crippen molar-refractivity contribution in [2.75, 3.05) is 12.4 Å². The van der Waals surface area contributed by atoms with Crippen LogP contribution in [0.25, 0.3) is 10.9 Å². The van der Waals surface area contributed by atoms with Crippen LogP contribution in [-0.4, -0.2) is 62.3 Å². The minimum Gasteiger partial charge on any atom is -0.481 e. The normalized spacial score (nSPS) is 35.1. The van der Waals surface area contributed by atoms with Crippen molar-refractivity contribution in [3.63, 3.8) is 0 Å². The number of pyridine rings is 1. The topological polar surface area (TPSA) is 149 Å². The van der Waals surface area contributed by atoms with Gasteiger partial charge < -0.3 is 30.5 Å². The molecule has 4 aliphatic carbocycles. The van der Waals surface area contributed by atoms with E-state index in [0.717, 1.165) is 41.3 Å². The zero-order valence-electron chi connectivity index (χ0n) is 32.7. The Morgan fingerprint density at radius 3 is 2.50 bits per heavy atom. The molecule has 9 heteroatoms. The highest BCUT2D eigenvalue weighted by Crippen LogP contribution is 2.69. The number of carbonyl (C=O) groups is 2. The number of aliphatic hydroxyl groups excluding tert-OH is 2. The molecule has 4 fully saturated rings. The zero-order chi connectivity index (χ0) is 38.6. The zero-order valence-corrected chi connectivity index (χ0v) is 32.7. The molecule has 9 nitrogen and oxygen atoms in total. The number of benzene rings is 2. The van der Waals surface area contributed by atoms with Gasteiger partial charge in [-0.2, -0.15) is 0 Å². The second-order valence-electron chi connectivity index (χ2n) is 18.1. The van der Waals surface area contributed by atoms with E-state index in [2.05, 4.69) is 38.2 Å². The predicted octanol–water partition coefficient (Wildman–Crippen LogP) is 7.71. The predicted molar refractivity (Wildman–Crippen MR) is 209 cm³/mol. The minimum atomic E-state index is -0.872. The van der Waals surface area contributed by atoms with Gasteiger partial charge in [-0.1, -0.05) is 57.2 Å². The van der Waals surface area contributed by atoms with Gasteiger partial charge in [0.2, 0.25) is 0 Å². The Labute approximate surface area is 319 Å². The van der Waals surface area contributed by atoms with E-state index in [1.165, 1.54) is 7.11 Å². The van der Waals surface area contributed by atoms with E-state index in [9.17, 15) is 30.0 Å². The summed E-state index contributed by atoms with van der Waals surface area (Å²) >= 11 is 0. The van der Waals surface area contributed by atoms with Gasteiger partial charge in [0.15, 0.2) is 0 Å². The second kappa shape index (κ2) is 14.8. The molecule has 0 saturated heterocycles. The second-order valence-corrected chi connectivity index (χ2v) is 18.1. The number of aromatic nitrogens is 1. The number of ether oxygens (including phenoxy) is 1. The summed E-state index contributed by atoms with van der Waals surface area (Å²) in [4.78, 5) is 29.1. The Morgan fingerprint density at radius 2 is 1.78 bits per heavy atom. The van der Waals surface area contributed by atoms with Gasteiger partial charge in [0.1, 0.15) is 5.56 Å². The Morgan fingerprint density at radius 1 is 1.02 bits per heavy atom. The maximum atomic E-state index is 13.0. The molecule has 4 aliphatic rings. The molecule has 0 radical (unpaired) electrons. The molecule has 2 aromatic carbocycles. The van der Waals surface area contributed by atoms with E-state index in [4.69, 9.17) is 9.72 Å². The maximum absolute atomic E-state index is 13.0. The summed E-state index contributed by atoms with van der Waals surface area (Å²) in [6.45, 7) is 9.08. The molecule has 11 unspecified atom stereocenters. The number of aryl methyl sites for hydroxylation is 2. The lowest BCUT2D eigenvalue weighted by Gasteiger charge is -2.64. The molecule has 11 atom stereocenters. The van der Waals surface area contributed by atoms with E-state index in [1.807, 2.05) is 43.3 Å². The first kappa shape index (κ1) is 38.7. The summed E-state index contributed by atoms with van der Waals surface area (Å²) in [6, 6.07) is 16.2. The van der Waals surface area contributed by atoms with Crippen molar-refractivity contribution in [3.8, 4) is 0 Å². The summed E-state index contributed by atoms with van der Waals surface area (Å²) in [5.41, 5.74) is 3.36. The van der Waals surface area contributed by atoms with E-state index in [0.29, 0.717) is 68.4 Å². The third-order valence-corrected chi connectivity index (χ3v) is 15.3. The van der Waals surface area contributed by atoms with Crippen LogP contribution in [0.2, 0.25) is 0 Å². The molecule has 3 aromatic rings. The molecule has 5 N–H and O–H groups in total. The van der Waals surface area contributed by atoms with Crippen LogP contribution >= 0.6 is 0 Å². The standard InChI is InChI=1S/C45H60N2O7/c1-26(11-16-38(50)51)32-13-14-33-40-34(23-37(49)44(32,33)4)43(3)19-20-45(53,24-30(43)22-36(40)48)18-17-28-12-15-35-31(21-28)41(39(27(2)47-35)42(52)54-5)46-25-29-9-7-6-8-10-29/h6-10,12,15,21,26,30,32-34,36-37,40,48-49,53H,11,13-14,16-20,22-25H2,1-5H3,(H,46,47)(H,50,51). The van der Waals surface area contributed by atoms with E-state index >= 15 is 0 Å². The van der Waals surface area contributed by atoms with E-state index < -0.39 is 29.7 Å². The lowest BCUT2D eigenvalue weighted by Crippen LogP contribution is -2.63. The van der Waals surface area contributed by atoms with Gasteiger partial charge >= 0.3 is 11.9 Å².